The topological polar surface area (TPSA) is 102 Å². The summed E-state index contributed by atoms with van der Waals surface area (Å²) in [5.74, 6) is -0.821. The average molecular weight is 296 g/mol. The molecule has 0 amide bonds. The number of para-hydroxylation sites is 1. The summed E-state index contributed by atoms with van der Waals surface area (Å²) in [7, 11) is 1.55. The molecule has 2 unspecified atom stereocenters. The molecule has 2 atom stereocenters. The Morgan fingerprint density at radius 3 is 2.67 bits per heavy atom. The average Bonchev–Trinajstić information content (AvgIpc) is 2.40. The molecule has 0 aromatic heterocycles. The summed E-state index contributed by atoms with van der Waals surface area (Å²) in [6.07, 6.45) is -0.331. The van der Waals surface area contributed by atoms with Crippen LogP contribution in [-0.2, 0) is 4.79 Å². The maximum absolute atomic E-state index is 11.3. The fourth-order valence-electron chi connectivity index (χ4n) is 2.05. The van der Waals surface area contributed by atoms with E-state index in [9.17, 15) is 20.0 Å². The molecule has 0 bridgehead atoms. The first-order valence-electron chi connectivity index (χ1n) is 6.54. The zero-order valence-corrected chi connectivity index (χ0v) is 12.5. The molecule has 0 aliphatic carbocycles. The molecule has 0 radical (unpaired) electrons. The molecule has 0 saturated heterocycles. The molecule has 1 aromatic rings. The molecule has 1 aromatic carbocycles. The van der Waals surface area contributed by atoms with Gasteiger partial charge in [0.05, 0.1) is 11.0 Å². The highest BCUT2D eigenvalue weighted by Crippen LogP contribution is 2.32. The first-order valence-corrected chi connectivity index (χ1v) is 6.54. The van der Waals surface area contributed by atoms with Gasteiger partial charge in [-0.1, -0.05) is 12.1 Å². The van der Waals surface area contributed by atoms with E-state index >= 15 is 0 Å². The molecule has 0 fully saturated rings. The van der Waals surface area contributed by atoms with E-state index in [1.807, 2.05) is 0 Å². The minimum Gasteiger partial charge on any atom is -0.484 e. The van der Waals surface area contributed by atoms with Crippen molar-refractivity contribution in [1.29, 1.82) is 0 Å². The number of aryl methyl sites for hydroxylation is 1. The van der Waals surface area contributed by atoms with E-state index in [2.05, 4.69) is 5.32 Å². The predicted molar refractivity (Wildman–Crippen MR) is 77.6 cm³/mol. The van der Waals surface area contributed by atoms with Gasteiger partial charge in [0, 0.05) is 12.5 Å². The summed E-state index contributed by atoms with van der Waals surface area (Å²) in [6.45, 7) is 4.94. The lowest BCUT2D eigenvalue weighted by Gasteiger charge is -2.28. The lowest BCUT2D eigenvalue weighted by Crippen LogP contribution is -2.50. The van der Waals surface area contributed by atoms with E-state index in [-0.39, 0.29) is 17.9 Å². The number of likely N-dealkylation sites (N-methyl/N-ethyl adjacent to an activating group) is 1. The highest BCUT2D eigenvalue weighted by atomic mass is 16.6. The van der Waals surface area contributed by atoms with E-state index in [4.69, 9.17) is 4.74 Å². The van der Waals surface area contributed by atoms with E-state index in [0.29, 0.717) is 5.56 Å². The summed E-state index contributed by atoms with van der Waals surface area (Å²) in [6, 6.07) is 4.66. The third-order valence-electron chi connectivity index (χ3n) is 3.43. The van der Waals surface area contributed by atoms with Gasteiger partial charge < -0.3 is 15.2 Å². The summed E-state index contributed by atoms with van der Waals surface area (Å²) < 4.78 is 5.64. The van der Waals surface area contributed by atoms with Gasteiger partial charge in [-0.15, -0.1) is 0 Å². The van der Waals surface area contributed by atoms with Gasteiger partial charge in [-0.25, -0.2) is 0 Å². The number of nitro groups is 1. The number of carboxylic acid groups (broad SMARTS) is 1. The number of hydrogen-bond donors (Lipinski definition) is 2. The van der Waals surface area contributed by atoms with Crippen LogP contribution in [0.1, 0.15) is 25.8 Å². The third kappa shape index (κ3) is 3.91. The molecule has 0 heterocycles. The SMILES string of the molecule is CNC(C)(CC(C)Oc1c(C)cccc1[N+](=O)[O-])C(=O)O. The van der Waals surface area contributed by atoms with Gasteiger partial charge in [0.15, 0.2) is 5.75 Å². The normalized spacial score (nSPS) is 15.0. The molecule has 7 nitrogen and oxygen atoms in total. The van der Waals surface area contributed by atoms with Gasteiger partial charge in [0.1, 0.15) is 5.54 Å². The van der Waals surface area contributed by atoms with Crippen molar-refractivity contribution in [2.24, 2.45) is 0 Å². The van der Waals surface area contributed by atoms with E-state index < -0.39 is 22.5 Å². The van der Waals surface area contributed by atoms with Crippen molar-refractivity contribution in [1.82, 2.24) is 5.32 Å². The molecule has 7 heteroatoms. The Bertz CT molecular complexity index is 546. The van der Waals surface area contributed by atoms with Crippen molar-refractivity contribution in [3.63, 3.8) is 0 Å². The number of rotatable bonds is 7. The van der Waals surface area contributed by atoms with Crippen LogP contribution in [0.2, 0.25) is 0 Å². The molecule has 1 rings (SSSR count). The number of carboxylic acids is 1. The molecule has 0 aliphatic heterocycles. The summed E-state index contributed by atoms with van der Waals surface area (Å²) >= 11 is 0. The number of carbonyl (C=O) groups is 1. The highest BCUT2D eigenvalue weighted by molar-refractivity contribution is 5.78. The Morgan fingerprint density at radius 2 is 2.19 bits per heavy atom. The van der Waals surface area contributed by atoms with E-state index in [1.165, 1.54) is 6.07 Å². The first kappa shape index (κ1) is 16.9. The Labute approximate surface area is 123 Å². The Balaban J connectivity index is 2.96. The lowest BCUT2D eigenvalue weighted by atomic mass is 9.95. The minimum atomic E-state index is -1.16. The zero-order chi connectivity index (χ0) is 16.2. The van der Waals surface area contributed by atoms with Gasteiger partial charge in [-0.05, 0) is 33.4 Å². The first-order chi connectivity index (χ1) is 9.71. The third-order valence-corrected chi connectivity index (χ3v) is 3.43. The molecule has 21 heavy (non-hydrogen) atoms. The van der Waals surface area contributed by atoms with Crippen LogP contribution < -0.4 is 10.1 Å². The van der Waals surface area contributed by atoms with Crippen LogP contribution >= 0.6 is 0 Å². The molecule has 0 aliphatic rings. The van der Waals surface area contributed by atoms with Crippen molar-refractivity contribution in [2.45, 2.75) is 38.8 Å². The molecule has 2 N–H and O–H groups in total. The summed E-state index contributed by atoms with van der Waals surface area (Å²) in [5.41, 5.74) is -0.641. The Morgan fingerprint density at radius 1 is 1.57 bits per heavy atom. The Kier molecular flexibility index (Phi) is 5.26. The van der Waals surface area contributed by atoms with Crippen LogP contribution in [0.3, 0.4) is 0 Å². The monoisotopic (exact) mass is 296 g/mol. The number of aliphatic carboxylic acids is 1. The second-order valence-corrected chi connectivity index (χ2v) is 5.20. The van der Waals surface area contributed by atoms with Crippen molar-refractivity contribution >= 4 is 11.7 Å². The largest absolute Gasteiger partial charge is 0.484 e. The smallest absolute Gasteiger partial charge is 0.323 e. The fourth-order valence-corrected chi connectivity index (χ4v) is 2.05. The second-order valence-electron chi connectivity index (χ2n) is 5.20. The van der Waals surface area contributed by atoms with Crippen molar-refractivity contribution in [3.05, 3.63) is 33.9 Å². The summed E-state index contributed by atoms with van der Waals surface area (Å²) in [4.78, 5) is 21.8. The number of hydrogen-bond acceptors (Lipinski definition) is 5. The predicted octanol–water partition coefficient (Wildman–Crippen LogP) is 2.12. The Hall–Kier alpha value is -2.15. The molecular weight excluding hydrogens is 276 g/mol. The van der Waals surface area contributed by atoms with Crippen molar-refractivity contribution in [2.75, 3.05) is 7.05 Å². The quantitative estimate of drug-likeness (QED) is 0.590. The van der Waals surface area contributed by atoms with Gasteiger partial charge in [0.2, 0.25) is 0 Å². The van der Waals surface area contributed by atoms with Crippen LogP contribution in [-0.4, -0.2) is 34.7 Å². The number of nitro benzene ring substituents is 1. The van der Waals surface area contributed by atoms with E-state index in [0.717, 1.165) is 0 Å². The van der Waals surface area contributed by atoms with Gasteiger partial charge in [-0.2, -0.15) is 0 Å². The standard InChI is InChI=1S/C14H20N2O5/c1-9-6-5-7-11(16(19)20)12(9)21-10(2)8-14(3,15-4)13(17)18/h5-7,10,15H,8H2,1-4H3,(H,17,18). The number of nitrogens with one attached hydrogen (secondary N) is 1. The zero-order valence-electron chi connectivity index (χ0n) is 12.5. The van der Waals surface area contributed by atoms with Gasteiger partial charge >= 0.3 is 11.7 Å². The van der Waals surface area contributed by atoms with Crippen LogP contribution in [0.25, 0.3) is 0 Å². The van der Waals surface area contributed by atoms with Gasteiger partial charge in [0.25, 0.3) is 0 Å². The lowest BCUT2D eigenvalue weighted by molar-refractivity contribution is -0.386. The van der Waals surface area contributed by atoms with Crippen molar-refractivity contribution < 1.29 is 19.6 Å². The number of ether oxygens (including phenoxy) is 1. The molecule has 0 saturated carbocycles. The minimum absolute atomic E-state index is 0.122. The number of nitrogens with zero attached hydrogens (tertiary/aromatic N) is 1. The number of benzene rings is 1. The van der Waals surface area contributed by atoms with Crippen LogP contribution in [0.15, 0.2) is 18.2 Å². The van der Waals surface area contributed by atoms with Gasteiger partial charge in [-0.3, -0.25) is 14.9 Å². The molecule has 116 valence electrons. The van der Waals surface area contributed by atoms with Crippen LogP contribution in [0, 0.1) is 17.0 Å². The molecular formula is C14H20N2O5. The van der Waals surface area contributed by atoms with Crippen molar-refractivity contribution in [3.8, 4) is 5.75 Å². The highest BCUT2D eigenvalue weighted by Gasteiger charge is 2.34. The molecule has 0 spiro atoms. The maximum Gasteiger partial charge on any atom is 0.323 e. The fraction of sp³-hybridized carbons (Fsp3) is 0.500. The second kappa shape index (κ2) is 6.53. The van der Waals surface area contributed by atoms with Crippen LogP contribution in [0.4, 0.5) is 5.69 Å². The maximum atomic E-state index is 11.3. The summed E-state index contributed by atoms with van der Waals surface area (Å²) in [5, 5.41) is 23.0. The van der Waals surface area contributed by atoms with E-state index in [1.54, 1.807) is 40.0 Å². The van der Waals surface area contributed by atoms with Crippen LogP contribution in [0.5, 0.6) is 5.75 Å².